The van der Waals surface area contributed by atoms with Crippen LogP contribution in [-0.4, -0.2) is 6.54 Å². The molecule has 0 aliphatic carbocycles. The molecule has 0 unspecified atom stereocenters. The van der Waals surface area contributed by atoms with Crippen molar-refractivity contribution in [3.05, 3.63) is 36.5 Å². The maximum absolute atomic E-state index is 5.36. The molecule has 0 aliphatic rings. The van der Waals surface area contributed by atoms with Crippen LogP contribution in [0.5, 0.6) is 0 Å². The Bertz CT molecular complexity index is 175. The molecule has 0 bridgehead atoms. The fourth-order valence-electron chi connectivity index (χ4n) is 1.03. The molecule has 0 rings (SSSR count). The molecular formula is C11H19N. The molecule has 1 heteroatoms. The molecule has 0 aromatic carbocycles. The third-order valence-electron chi connectivity index (χ3n) is 1.44. The summed E-state index contributed by atoms with van der Waals surface area (Å²) in [5, 5.41) is 0. The second-order valence-electron chi connectivity index (χ2n) is 3.21. The van der Waals surface area contributed by atoms with Crippen LogP contribution in [0.2, 0.25) is 0 Å². The van der Waals surface area contributed by atoms with E-state index in [0.717, 1.165) is 6.42 Å². The third kappa shape index (κ3) is 5.93. The predicted molar refractivity (Wildman–Crippen MR) is 55.9 cm³/mol. The lowest BCUT2D eigenvalue weighted by atomic mass is 10.0. The standard InChI is InChI=1S/C11H19N/c1-4-6-11(7-5-8-12)9-10(2)3/h4-7,10H,1,8-9,12H2,2-3H3/b7-5-,11-6+. The van der Waals surface area contributed by atoms with Gasteiger partial charge in [0.25, 0.3) is 0 Å². The zero-order valence-corrected chi connectivity index (χ0v) is 8.09. The molecule has 0 saturated heterocycles. The van der Waals surface area contributed by atoms with Gasteiger partial charge < -0.3 is 5.73 Å². The van der Waals surface area contributed by atoms with Crippen LogP contribution in [0.4, 0.5) is 0 Å². The minimum atomic E-state index is 0.604. The van der Waals surface area contributed by atoms with E-state index in [1.54, 1.807) is 0 Å². The Hall–Kier alpha value is -0.820. The van der Waals surface area contributed by atoms with Crippen molar-refractivity contribution in [3.8, 4) is 0 Å². The molecule has 68 valence electrons. The minimum absolute atomic E-state index is 0.604. The molecule has 0 aliphatic heterocycles. The fraction of sp³-hybridized carbons (Fsp3) is 0.455. The van der Waals surface area contributed by atoms with Gasteiger partial charge >= 0.3 is 0 Å². The maximum atomic E-state index is 5.36. The number of allylic oxidation sites excluding steroid dienone is 4. The van der Waals surface area contributed by atoms with Gasteiger partial charge in [0.2, 0.25) is 0 Å². The first-order chi connectivity index (χ1) is 5.70. The highest BCUT2D eigenvalue weighted by Crippen LogP contribution is 2.11. The summed E-state index contributed by atoms with van der Waals surface area (Å²) in [6, 6.07) is 0. The van der Waals surface area contributed by atoms with E-state index < -0.39 is 0 Å². The highest BCUT2D eigenvalue weighted by Gasteiger charge is 1.95. The Labute approximate surface area is 75.7 Å². The predicted octanol–water partition coefficient (Wildman–Crippen LogP) is 2.66. The molecule has 12 heavy (non-hydrogen) atoms. The van der Waals surface area contributed by atoms with E-state index in [9.17, 15) is 0 Å². The van der Waals surface area contributed by atoms with Gasteiger partial charge in [0.1, 0.15) is 0 Å². The molecule has 0 fully saturated rings. The van der Waals surface area contributed by atoms with Crippen LogP contribution in [0, 0.1) is 5.92 Å². The molecule has 0 heterocycles. The van der Waals surface area contributed by atoms with Crippen LogP contribution >= 0.6 is 0 Å². The van der Waals surface area contributed by atoms with E-state index in [0.29, 0.717) is 12.5 Å². The van der Waals surface area contributed by atoms with Crippen LogP contribution in [0.3, 0.4) is 0 Å². The molecule has 0 saturated carbocycles. The number of nitrogens with two attached hydrogens (primary N) is 1. The quantitative estimate of drug-likeness (QED) is 0.623. The summed E-state index contributed by atoms with van der Waals surface area (Å²) in [6.45, 7) is 8.68. The van der Waals surface area contributed by atoms with Crippen molar-refractivity contribution in [2.75, 3.05) is 6.54 Å². The zero-order valence-electron chi connectivity index (χ0n) is 8.09. The lowest BCUT2D eigenvalue weighted by Gasteiger charge is -2.04. The van der Waals surface area contributed by atoms with Crippen molar-refractivity contribution in [1.29, 1.82) is 0 Å². The summed E-state index contributed by atoms with van der Waals surface area (Å²) >= 11 is 0. The van der Waals surface area contributed by atoms with E-state index in [-0.39, 0.29) is 0 Å². The summed E-state index contributed by atoms with van der Waals surface area (Å²) in [5.74, 6) is 0.679. The molecule has 0 radical (unpaired) electrons. The third-order valence-corrected chi connectivity index (χ3v) is 1.44. The normalized spacial score (nSPS) is 12.8. The van der Waals surface area contributed by atoms with E-state index >= 15 is 0 Å². The van der Waals surface area contributed by atoms with Crippen molar-refractivity contribution in [1.82, 2.24) is 0 Å². The van der Waals surface area contributed by atoms with Gasteiger partial charge in [-0.1, -0.05) is 44.7 Å². The summed E-state index contributed by atoms with van der Waals surface area (Å²) in [4.78, 5) is 0. The summed E-state index contributed by atoms with van der Waals surface area (Å²) in [7, 11) is 0. The Kier molecular flexibility index (Phi) is 6.39. The van der Waals surface area contributed by atoms with Gasteiger partial charge in [-0.15, -0.1) is 0 Å². The van der Waals surface area contributed by atoms with Gasteiger partial charge in [0.15, 0.2) is 0 Å². The molecule has 0 amide bonds. The van der Waals surface area contributed by atoms with Crippen molar-refractivity contribution in [2.45, 2.75) is 20.3 Å². The smallest absolute Gasteiger partial charge is 0.0110 e. The van der Waals surface area contributed by atoms with Crippen molar-refractivity contribution < 1.29 is 0 Å². The van der Waals surface area contributed by atoms with Gasteiger partial charge in [0.05, 0.1) is 0 Å². The Morgan fingerprint density at radius 1 is 1.50 bits per heavy atom. The van der Waals surface area contributed by atoms with Gasteiger partial charge in [0, 0.05) is 6.54 Å². The molecule has 2 N–H and O–H groups in total. The first-order valence-electron chi connectivity index (χ1n) is 4.39. The highest BCUT2D eigenvalue weighted by atomic mass is 14.5. The number of rotatable bonds is 5. The first kappa shape index (κ1) is 11.2. The Balaban J connectivity index is 4.14. The molecule has 0 spiro atoms. The summed E-state index contributed by atoms with van der Waals surface area (Å²) in [6.07, 6.45) is 8.98. The molecule has 0 aromatic heterocycles. The average molecular weight is 165 g/mol. The summed E-state index contributed by atoms with van der Waals surface area (Å²) < 4.78 is 0. The van der Waals surface area contributed by atoms with E-state index in [1.807, 2.05) is 18.2 Å². The van der Waals surface area contributed by atoms with Crippen molar-refractivity contribution >= 4 is 0 Å². The second-order valence-corrected chi connectivity index (χ2v) is 3.21. The Morgan fingerprint density at radius 3 is 2.58 bits per heavy atom. The highest BCUT2D eigenvalue weighted by molar-refractivity contribution is 5.23. The minimum Gasteiger partial charge on any atom is -0.327 e. The van der Waals surface area contributed by atoms with E-state index in [1.165, 1.54) is 5.57 Å². The lowest BCUT2D eigenvalue weighted by Crippen LogP contribution is -1.94. The average Bonchev–Trinajstić information content (AvgIpc) is 2.00. The molecule has 1 nitrogen and oxygen atoms in total. The van der Waals surface area contributed by atoms with Crippen LogP contribution in [0.25, 0.3) is 0 Å². The second kappa shape index (κ2) is 6.86. The number of hydrogen-bond acceptors (Lipinski definition) is 1. The lowest BCUT2D eigenvalue weighted by molar-refractivity contribution is 0.650. The zero-order chi connectivity index (χ0) is 9.40. The van der Waals surface area contributed by atoms with Gasteiger partial charge in [-0.25, -0.2) is 0 Å². The molecular weight excluding hydrogens is 146 g/mol. The largest absolute Gasteiger partial charge is 0.327 e. The SMILES string of the molecule is C=C/C=C(\C=C/CN)CC(C)C. The van der Waals surface area contributed by atoms with Gasteiger partial charge in [-0.3, -0.25) is 0 Å². The first-order valence-corrected chi connectivity index (χ1v) is 4.39. The summed E-state index contributed by atoms with van der Waals surface area (Å²) in [5.41, 5.74) is 6.66. The fourth-order valence-corrected chi connectivity index (χ4v) is 1.03. The topological polar surface area (TPSA) is 26.0 Å². The van der Waals surface area contributed by atoms with Gasteiger partial charge in [-0.05, 0) is 17.9 Å². The van der Waals surface area contributed by atoms with E-state index in [2.05, 4.69) is 26.5 Å². The Morgan fingerprint density at radius 2 is 2.17 bits per heavy atom. The van der Waals surface area contributed by atoms with E-state index in [4.69, 9.17) is 5.73 Å². The van der Waals surface area contributed by atoms with Crippen LogP contribution in [0.15, 0.2) is 36.5 Å². The number of hydrogen-bond donors (Lipinski definition) is 1. The molecule has 0 aromatic rings. The van der Waals surface area contributed by atoms with Crippen LogP contribution in [0.1, 0.15) is 20.3 Å². The van der Waals surface area contributed by atoms with Crippen LogP contribution in [-0.2, 0) is 0 Å². The van der Waals surface area contributed by atoms with Crippen LogP contribution < -0.4 is 5.73 Å². The maximum Gasteiger partial charge on any atom is 0.0110 e. The molecule has 0 atom stereocenters. The van der Waals surface area contributed by atoms with Crippen molar-refractivity contribution in [2.24, 2.45) is 11.7 Å². The van der Waals surface area contributed by atoms with Crippen molar-refractivity contribution in [3.63, 3.8) is 0 Å². The van der Waals surface area contributed by atoms with Gasteiger partial charge in [-0.2, -0.15) is 0 Å². The monoisotopic (exact) mass is 165 g/mol.